The number of rotatable bonds is 3. The van der Waals surface area contributed by atoms with Gasteiger partial charge in [-0.1, -0.05) is 6.07 Å². The van der Waals surface area contributed by atoms with Crippen molar-refractivity contribution >= 4 is 21.6 Å². The molecule has 0 saturated heterocycles. The SMILES string of the molecule is O=[N+]([O-])c1c(Br)cccc1OC(F)F. The van der Waals surface area contributed by atoms with E-state index in [0.29, 0.717) is 0 Å². The number of benzene rings is 1. The van der Waals surface area contributed by atoms with Crippen molar-refractivity contribution < 1.29 is 18.4 Å². The molecular formula is C7H4BrF2NO3. The third-order valence-electron chi connectivity index (χ3n) is 1.35. The molecule has 0 aliphatic carbocycles. The average molecular weight is 268 g/mol. The number of hydrogen-bond acceptors (Lipinski definition) is 3. The maximum absolute atomic E-state index is 11.8. The van der Waals surface area contributed by atoms with Crippen molar-refractivity contribution in [3.05, 3.63) is 32.8 Å². The molecule has 7 heteroatoms. The second-order valence-electron chi connectivity index (χ2n) is 2.22. The van der Waals surface area contributed by atoms with Gasteiger partial charge in [-0.05, 0) is 28.1 Å². The van der Waals surface area contributed by atoms with Crippen LogP contribution >= 0.6 is 15.9 Å². The zero-order chi connectivity index (χ0) is 10.7. The summed E-state index contributed by atoms with van der Waals surface area (Å²) in [6.45, 7) is -3.08. The summed E-state index contributed by atoms with van der Waals surface area (Å²) in [5.41, 5.74) is -0.507. The lowest BCUT2D eigenvalue weighted by molar-refractivity contribution is -0.387. The Morgan fingerprint density at radius 1 is 1.50 bits per heavy atom. The fourth-order valence-corrected chi connectivity index (χ4v) is 1.36. The first-order chi connectivity index (χ1) is 6.52. The van der Waals surface area contributed by atoms with Crippen LogP contribution in [-0.2, 0) is 0 Å². The van der Waals surface area contributed by atoms with Crippen LogP contribution in [0, 0.1) is 10.1 Å². The molecule has 0 atom stereocenters. The second-order valence-corrected chi connectivity index (χ2v) is 3.08. The molecule has 0 N–H and O–H groups in total. The van der Waals surface area contributed by atoms with Crippen LogP contribution in [0.15, 0.2) is 22.7 Å². The highest BCUT2D eigenvalue weighted by molar-refractivity contribution is 9.10. The molecule has 4 nitrogen and oxygen atoms in total. The van der Waals surface area contributed by atoms with Gasteiger partial charge in [0.2, 0.25) is 5.75 Å². The largest absolute Gasteiger partial charge is 0.427 e. The lowest BCUT2D eigenvalue weighted by atomic mass is 10.3. The van der Waals surface area contributed by atoms with Crippen molar-refractivity contribution in [1.82, 2.24) is 0 Å². The molecule has 0 spiro atoms. The van der Waals surface area contributed by atoms with E-state index in [1.54, 1.807) is 0 Å². The topological polar surface area (TPSA) is 52.4 Å². The van der Waals surface area contributed by atoms with Gasteiger partial charge in [0.15, 0.2) is 0 Å². The Balaban J connectivity index is 3.14. The summed E-state index contributed by atoms with van der Waals surface area (Å²) < 4.78 is 27.8. The average Bonchev–Trinajstić information content (AvgIpc) is 2.01. The fraction of sp³-hybridized carbons (Fsp3) is 0.143. The molecule has 0 radical (unpaired) electrons. The van der Waals surface area contributed by atoms with Gasteiger partial charge in [-0.25, -0.2) is 0 Å². The molecule has 0 unspecified atom stereocenters. The molecule has 0 aromatic heterocycles. The first-order valence-electron chi connectivity index (χ1n) is 3.40. The number of nitrogens with zero attached hydrogens (tertiary/aromatic N) is 1. The first kappa shape index (κ1) is 10.8. The molecule has 1 rings (SSSR count). The molecule has 14 heavy (non-hydrogen) atoms. The van der Waals surface area contributed by atoms with Gasteiger partial charge in [0.25, 0.3) is 0 Å². The maximum atomic E-state index is 11.8. The van der Waals surface area contributed by atoms with Crippen molar-refractivity contribution in [3.8, 4) is 5.75 Å². The molecule has 0 bridgehead atoms. The highest BCUT2D eigenvalue weighted by Crippen LogP contribution is 2.35. The predicted octanol–water partition coefficient (Wildman–Crippen LogP) is 2.96. The normalized spacial score (nSPS) is 10.3. The summed E-state index contributed by atoms with van der Waals surface area (Å²) >= 11 is 2.87. The number of alkyl halides is 2. The van der Waals surface area contributed by atoms with E-state index in [0.717, 1.165) is 6.07 Å². The van der Waals surface area contributed by atoms with Gasteiger partial charge in [-0.15, -0.1) is 0 Å². The number of nitro benzene ring substituents is 1. The van der Waals surface area contributed by atoms with E-state index >= 15 is 0 Å². The smallest absolute Gasteiger partial charge is 0.387 e. The Hall–Kier alpha value is -1.24. The van der Waals surface area contributed by atoms with Crippen LogP contribution in [0.25, 0.3) is 0 Å². The van der Waals surface area contributed by atoms with E-state index in [4.69, 9.17) is 0 Å². The van der Waals surface area contributed by atoms with Crippen LogP contribution in [0.5, 0.6) is 5.75 Å². The zero-order valence-electron chi connectivity index (χ0n) is 6.62. The van der Waals surface area contributed by atoms with Crippen LogP contribution in [0.4, 0.5) is 14.5 Å². The Labute approximate surface area is 85.8 Å². The van der Waals surface area contributed by atoms with E-state index in [1.165, 1.54) is 12.1 Å². The number of ether oxygens (including phenoxy) is 1. The molecule has 1 aromatic rings. The van der Waals surface area contributed by atoms with E-state index in [-0.39, 0.29) is 4.47 Å². The van der Waals surface area contributed by atoms with Crippen LogP contribution in [0.3, 0.4) is 0 Å². The van der Waals surface area contributed by atoms with Gasteiger partial charge >= 0.3 is 12.3 Å². The van der Waals surface area contributed by atoms with Crippen molar-refractivity contribution in [3.63, 3.8) is 0 Å². The van der Waals surface area contributed by atoms with Crippen molar-refractivity contribution in [2.24, 2.45) is 0 Å². The van der Waals surface area contributed by atoms with Crippen LogP contribution in [0.2, 0.25) is 0 Å². The highest BCUT2D eigenvalue weighted by atomic mass is 79.9. The standard InChI is InChI=1S/C7H4BrF2NO3/c8-4-2-1-3-5(14-7(9)10)6(4)11(12)13/h1-3,7H. The summed E-state index contributed by atoms with van der Waals surface area (Å²) in [5.74, 6) is -0.459. The lowest BCUT2D eigenvalue weighted by Gasteiger charge is -2.05. The van der Waals surface area contributed by atoms with Gasteiger partial charge in [0.1, 0.15) is 0 Å². The van der Waals surface area contributed by atoms with Crippen molar-refractivity contribution in [1.29, 1.82) is 0 Å². The van der Waals surface area contributed by atoms with Crippen LogP contribution < -0.4 is 4.74 Å². The maximum Gasteiger partial charge on any atom is 0.387 e. The first-order valence-corrected chi connectivity index (χ1v) is 4.19. The Kier molecular flexibility index (Phi) is 3.34. The molecule has 0 fully saturated rings. The van der Waals surface area contributed by atoms with Crippen molar-refractivity contribution in [2.75, 3.05) is 0 Å². The summed E-state index contributed by atoms with van der Waals surface area (Å²) in [6, 6.07) is 3.85. The van der Waals surface area contributed by atoms with Crippen molar-refractivity contribution in [2.45, 2.75) is 6.61 Å². The van der Waals surface area contributed by atoms with E-state index in [9.17, 15) is 18.9 Å². The Bertz CT molecular complexity index is 359. The highest BCUT2D eigenvalue weighted by Gasteiger charge is 2.21. The summed E-state index contributed by atoms with van der Waals surface area (Å²) in [4.78, 5) is 9.68. The molecule has 0 aliphatic heterocycles. The minimum Gasteiger partial charge on any atom is -0.427 e. The van der Waals surface area contributed by atoms with E-state index in [1.807, 2.05) is 0 Å². The van der Waals surface area contributed by atoms with Gasteiger partial charge in [-0.3, -0.25) is 10.1 Å². The Morgan fingerprint density at radius 3 is 2.64 bits per heavy atom. The van der Waals surface area contributed by atoms with Crippen LogP contribution in [0.1, 0.15) is 0 Å². The number of halogens is 3. The van der Waals surface area contributed by atoms with E-state index < -0.39 is 23.0 Å². The molecule has 0 heterocycles. The monoisotopic (exact) mass is 267 g/mol. The Morgan fingerprint density at radius 2 is 2.14 bits per heavy atom. The number of para-hydroxylation sites is 1. The molecule has 0 amide bonds. The molecule has 76 valence electrons. The third-order valence-corrected chi connectivity index (χ3v) is 1.99. The predicted molar refractivity (Wildman–Crippen MR) is 47.4 cm³/mol. The lowest BCUT2D eigenvalue weighted by Crippen LogP contribution is -2.04. The van der Waals surface area contributed by atoms with E-state index in [2.05, 4.69) is 20.7 Å². The molecule has 0 aliphatic rings. The van der Waals surface area contributed by atoms with Crippen LogP contribution in [-0.4, -0.2) is 11.5 Å². The van der Waals surface area contributed by atoms with Gasteiger partial charge < -0.3 is 4.74 Å². The second kappa shape index (κ2) is 4.32. The van der Waals surface area contributed by atoms with Gasteiger partial charge in [-0.2, -0.15) is 8.78 Å². The zero-order valence-corrected chi connectivity index (χ0v) is 8.20. The number of hydrogen-bond donors (Lipinski definition) is 0. The fourth-order valence-electron chi connectivity index (χ4n) is 0.864. The minimum atomic E-state index is -3.08. The minimum absolute atomic E-state index is 0.0978. The molecule has 1 aromatic carbocycles. The molecule has 0 saturated carbocycles. The van der Waals surface area contributed by atoms with Gasteiger partial charge in [0.05, 0.1) is 9.40 Å². The third kappa shape index (κ3) is 2.38. The van der Waals surface area contributed by atoms with Gasteiger partial charge in [0, 0.05) is 0 Å². The quantitative estimate of drug-likeness (QED) is 0.625. The summed E-state index contributed by atoms with van der Waals surface area (Å²) in [7, 11) is 0. The number of nitro groups is 1. The summed E-state index contributed by atoms with van der Waals surface area (Å²) in [6.07, 6.45) is 0. The summed E-state index contributed by atoms with van der Waals surface area (Å²) in [5, 5.41) is 10.5. The molecular weight excluding hydrogens is 264 g/mol.